The van der Waals surface area contributed by atoms with Gasteiger partial charge in [0.05, 0.1) is 0 Å². The van der Waals surface area contributed by atoms with Crippen LogP contribution < -0.4 is 0 Å². The van der Waals surface area contributed by atoms with Crippen molar-refractivity contribution in [3.05, 3.63) is 12.7 Å². The number of unbranched alkanes of at least 4 members (excludes halogenated alkanes) is 7. The van der Waals surface area contributed by atoms with E-state index < -0.39 is 0 Å². The van der Waals surface area contributed by atoms with Gasteiger partial charge in [-0.1, -0.05) is 91.1 Å². The SMILES string of the molecule is C=CC(CCCC)(CCCC)C(CCCCCCCC)N(C(C)C)C(C)C. The molecular formula is C26H53N. The quantitative estimate of drug-likeness (QED) is 0.170. The van der Waals surface area contributed by atoms with Gasteiger partial charge in [-0.2, -0.15) is 0 Å². The predicted octanol–water partition coefficient (Wildman–Crippen LogP) is 8.78. The first-order valence-corrected chi connectivity index (χ1v) is 12.3. The van der Waals surface area contributed by atoms with Gasteiger partial charge >= 0.3 is 0 Å². The molecule has 0 spiro atoms. The summed E-state index contributed by atoms with van der Waals surface area (Å²) in [6, 6.07) is 1.83. The van der Waals surface area contributed by atoms with Gasteiger partial charge in [0.25, 0.3) is 0 Å². The monoisotopic (exact) mass is 379 g/mol. The Bertz CT molecular complexity index is 328. The predicted molar refractivity (Wildman–Crippen MR) is 126 cm³/mol. The molecule has 0 aliphatic carbocycles. The van der Waals surface area contributed by atoms with Gasteiger partial charge in [-0.25, -0.2) is 0 Å². The lowest BCUT2D eigenvalue weighted by Gasteiger charge is -2.49. The van der Waals surface area contributed by atoms with E-state index in [9.17, 15) is 0 Å². The summed E-state index contributed by atoms with van der Waals surface area (Å²) < 4.78 is 0. The van der Waals surface area contributed by atoms with Crippen LogP contribution in [0.4, 0.5) is 0 Å². The Kier molecular flexibility index (Phi) is 15.4. The molecule has 1 unspecified atom stereocenters. The van der Waals surface area contributed by atoms with Crippen molar-refractivity contribution in [2.75, 3.05) is 0 Å². The minimum Gasteiger partial charge on any atom is -0.295 e. The first-order valence-electron chi connectivity index (χ1n) is 12.3. The Morgan fingerprint density at radius 1 is 0.704 bits per heavy atom. The van der Waals surface area contributed by atoms with Crippen molar-refractivity contribution >= 4 is 0 Å². The van der Waals surface area contributed by atoms with Crippen LogP contribution in [0.25, 0.3) is 0 Å². The van der Waals surface area contributed by atoms with E-state index in [0.29, 0.717) is 18.1 Å². The zero-order chi connectivity index (χ0) is 20.7. The van der Waals surface area contributed by atoms with Gasteiger partial charge in [0, 0.05) is 23.5 Å². The summed E-state index contributed by atoms with van der Waals surface area (Å²) in [5, 5.41) is 0. The van der Waals surface area contributed by atoms with E-state index in [1.807, 2.05) is 0 Å². The van der Waals surface area contributed by atoms with Crippen molar-refractivity contribution in [2.24, 2.45) is 5.41 Å². The van der Waals surface area contributed by atoms with Gasteiger partial charge in [-0.3, -0.25) is 4.90 Å². The fourth-order valence-corrected chi connectivity index (χ4v) is 4.98. The molecule has 1 heteroatoms. The van der Waals surface area contributed by atoms with Crippen LogP contribution in [0.1, 0.15) is 132 Å². The van der Waals surface area contributed by atoms with Crippen LogP contribution >= 0.6 is 0 Å². The number of hydrogen-bond acceptors (Lipinski definition) is 1. The summed E-state index contributed by atoms with van der Waals surface area (Å²) in [6.45, 7) is 20.9. The van der Waals surface area contributed by atoms with Gasteiger partial charge in [0.2, 0.25) is 0 Å². The molecule has 0 radical (unpaired) electrons. The highest BCUT2D eigenvalue weighted by Gasteiger charge is 2.39. The normalized spacial score (nSPS) is 13.7. The molecule has 0 aromatic heterocycles. The van der Waals surface area contributed by atoms with Crippen molar-refractivity contribution in [1.29, 1.82) is 0 Å². The van der Waals surface area contributed by atoms with Crippen LogP contribution in [0.2, 0.25) is 0 Å². The van der Waals surface area contributed by atoms with Gasteiger partial charge in [-0.05, 0) is 47.0 Å². The summed E-state index contributed by atoms with van der Waals surface area (Å²) in [5.41, 5.74) is 0.282. The Labute approximate surface area is 173 Å². The third kappa shape index (κ3) is 9.64. The lowest BCUT2D eigenvalue weighted by atomic mass is 9.69. The largest absolute Gasteiger partial charge is 0.295 e. The highest BCUT2D eigenvalue weighted by atomic mass is 15.2. The first-order chi connectivity index (χ1) is 12.9. The molecule has 0 N–H and O–H groups in total. The maximum atomic E-state index is 4.40. The Hall–Kier alpha value is -0.300. The molecule has 0 saturated heterocycles. The maximum Gasteiger partial charge on any atom is 0.0191 e. The van der Waals surface area contributed by atoms with Crippen LogP contribution in [0.5, 0.6) is 0 Å². The van der Waals surface area contributed by atoms with Gasteiger partial charge < -0.3 is 0 Å². The molecule has 0 aromatic rings. The van der Waals surface area contributed by atoms with E-state index in [-0.39, 0.29) is 5.41 Å². The maximum absolute atomic E-state index is 4.40. The second-order valence-corrected chi connectivity index (χ2v) is 9.35. The molecule has 0 saturated carbocycles. The molecule has 0 aliphatic rings. The molecule has 0 bridgehead atoms. The van der Waals surface area contributed by atoms with Crippen LogP contribution in [-0.2, 0) is 0 Å². The van der Waals surface area contributed by atoms with Crippen LogP contribution in [-0.4, -0.2) is 23.0 Å². The third-order valence-corrected chi connectivity index (χ3v) is 6.45. The van der Waals surface area contributed by atoms with E-state index in [4.69, 9.17) is 0 Å². The van der Waals surface area contributed by atoms with Crippen molar-refractivity contribution in [2.45, 2.75) is 150 Å². The topological polar surface area (TPSA) is 3.24 Å². The second kappa shape index (κ2) is 15.6. The standard InChI is InChI=1S/C26H53N/c1-9-13-16-17-18-19-20-25(27(23(5)6)24(7)8)26(12-4,21-14-10-2)22-15-11-3/h12,23-25H,4,9-11,13-22H2,1-3,5-8H3. The molecule has 0 amide bonds. The summed E-state index contributed by atoms with van der Waals surface area (Å²) >= 11 is 0. The lowest BCUT2D eigenvalue weighted by Crippen LogP contribution is -2.53. The molecule has 0 fully saturated rings. The van der Waals surface area contributed by atoms with Crippen molar-refractivity contribution in [3.8, 4) is 0 Å². The summed E-state index contributed by atoms with van der Waals surface area (Å²) in [5.74, 6) is 0. The smallest absolute Gasteiger partial charge is 0.0191 e. The van der Waals surface area contributed by atoms with Gasteiger partial charge in [0.1, 0.15) is 0 Å². The van der Waals surface area contributed by atoms with Crippen LogP contribution in [0.15, 0.2) is 12.7 Å². The minimum absolute atomic E-state index is 0.282. The zero-order valence-corrected chi connectivity index (χ0v) is 20.2. The Morgan fingerprint density at radius 2 is 1.15 bits per heavy atom. The van der Waals surface area contributed by atoms with E-state index in [0.717, 1.165) is 0 Å². The molecule has 0 aliphatic heterocycles. The summed E-state index contributed by atoms with van der Waals surface area (Å²) in [4.78, 5) is 2.82. The van der Waals surface area contributed by atoms with E-state index in [1.54, 1.807) is 0 Å². The Morgan fingerprint density at radius 3 is 1.56 bits per heavy atom. The van der Waals surface area contributed by atoms with Crippen molar-refractivity contribution in [1.82, 2.24) is 4.90 Å². The number of hydrogen-bond donors (Lipinski definition) is 0. The van der Waals surface area contributed by atoms with E-state index in [1.165, 1.54) is 83.5 Å². The molecule has 27 heavy (non-hydrogen) atoms. The molecule has 1 atom stereocenters. The first kappa shape index (κ1) is 26.7. The molecular weight excluding hydrogens is 326 g/mol. The fourth-order valence-electron chi connectivity index (χ4n) is 4.98. The third-order valence-electron chi connectivity index (χ3n) is 6.45. The highest BCUT2D eigenvalue weighted by Crippen LogP contribution is 2.42. The molecule has 1 nitrogen and oxygen atoms in total. The van der Waals surface area contributed by atoms with E-state index in [2.05, 4.69) is 66.0 Å². The van der Waals surface area contributed by atoms with Crippen LogP contribution in [0.3, 0.4) is 0 Å². The number of rotatable bonds is 18. The number of nitrogens with zero attached hydrogens (tertiary/aromatic N) is 1. The zero-order valence-electron chi connectivity index (χ0n) is 20.2. The summed E-state index contributed by atoms with van der Waals surface area (Å²) in [6.07, 6.45) is 19.9. The lowest BCUT2D eigenvalue weighted by molar-refractivity contribution is 0.0217. The average molecular weight is 380 g/mol. The average Bonchev–Trinajstić information content (AvgIpc) is 2.63. The second-order valence-electron chi connectivity index (χ2n) is 9.35. The fraction of sp³-hybridized carbons (Fsp3) is 0.923. The summed E-state index contributed by atoms with van der Waals surface area (Å²) in [7, 11) is 0. The van der Waals surface area contributed by atoms with Crippen molar-refractivity contribution in [3.63, 3.8) is 0 Å². The van der Waals surface area contributed by atoms with Crippen LogP contribution in [0, 0.1) is 5.41 Å². The van der Waals surface area contributed by atoms with Gasteiger partial charge in [-0.15, -0.1) is 6.58 Å². The van der Waals surface area contributed by atoms with Gasteiger partial charge in [0.15, 0.2) is 0 Å². The molecule has 0 aromatic carbocycles. The Balaban J connectivity index is 5.45. The molecule has 162 valence electrons. The highest BCUT2D eigenvalue weighted by molar-refractivity contribution is 5.04. The van der Waals surface area contributed by atoms with Crippen molar-refractivity contribution < 1.29 is 0 Å². The van der Waals surface area contributed by atoms with E-state index >= 15 is 0 Å². The minimum atomic E-state index is 0.282. The molecule has 0 rings (SSSR count). The molecule has 0 heterocycles.